The lowest BCUT2D eigenvalue weighted by Gasteiger charge is -2.19. The molecule has 0 unspecified atom stereocenters. The number of ether oxygens (including phenoxy) is 1. The van der Waals surface area contributed by atoms with E-state index in [0.717, 1.165) is 17.8 Å². The van der Waals surface area contributed by atoms with Crippen LogP contribution in [-0.2, 0) is 16.0 Å². The fraction of sp³-hybridized carbons (Fsp3) is 0.667. The monoisotopic (exact) mass is 353 g/mol. The first-order valence-electron chi connectivity index (χ1n) is 9.07. The van der Waals surface area contributed by atoms with Crippen LogP contribution in [0.25, 0.3) is 0 Å². The molecule has 1 heterocycles. The largest absolute Gasteiger partial charge is 0.462 e. The van der Waals surface area contributed by atoms with Crippen LogP contribution < -0.4 is 10.6 Å². The zero-order valence-electron chi connectivity index (χ0n) is 14.7. The van der Waals surface area contributed by atoms with Crippen molar-refractivity contribution >= 4 is 28.2 Å². The molecular weight excluding hydrogens is 324 g/mol. The van der Waals surface area contributed by atoms with Crippen molar-refractivity contribution in [2.75, 3.05) is 18.5 Å². The maximum absolute atomic E-state index is 12.2. The number of esters is 1. The van der Waals surface area contributed by atoms with Gasteiger partial charge in [-0.2, -0.15) is 0 Å². The molecule has 3 N–H and O–H groups in total. The number of aryl methyl sites for hydroxylation is 1. The second-order valence-electron chi connectivity index (χ2n) is 6.25. The average molecular weight is 354 g/mol. The normalized spacial score (nSPS) is 15.2. The van der Waals surface area contributed by atoms with Gasteiger partial charge in [0.05, 0.1) is 31.2 Å². The molecule has 0 atom stereocenters. The molecule has 1 saturated carbocycles. The van der Waals surface area contributed by atoms with Crippen LogP contribution in [0.4, 0.5) is 5.00 Å². The summed E-state index contributed by atoms with van der Waals surface area (Å²) >= 11 is 1.46. The third kappa shape index (κ3) is 5.60. The number of amides is 1. The Kier molecular flexibility index (Phi) is 7.72. The number of rotatable bonds is 8. The van der Waals surface area contributed by atoms with Crippen LogP contribution in [-0.4, -0.2) is 31.1 Å². The van der Waals surface area contributed by atoms with E-state index in [1.807, 2.05) is 13.0 Å². The third-order valence-electron chi connectivity index (χ3n) is 4.40. The van der Waals surface area contributed by atoms with Gasteiger partial charge in [0, 0.05) is 4.88 Å². The molecule has 0 radical (unpaired) electrons. The van der Waals surface area contributed by atoms with Gasteiger partial charge in [0.25, 0.3) is 0 Å². The molecule has 1 aromatic rings. The Morgan fingerprint density at radius 3 is 2.71 bits per heavy atom. The van der Waals surface area contributed by atoms with Gasteiger partial charge in [0.1, 0.15) is 5.00 Å². The molecule has 0 bridgehead atoms. The van der Waals surface area contributed by atoms with E-state index in [1.54, 1.807) is 6.92 Å². The Morgan fingerprint density at radius 2 is 2.04 bits per heavy atom. The minimum atomic E-state index is -0.363. The molecule has 0 aromatic carbocycles. The lowest BCUT2D eigenvalue weighted by atomic mass is 9.95. The van der Waals surface area contributed by atoms with Crippen LogP contribution in [0.5, 0.6) is 0 Å². The first kappa shape index (κ1) is 18.9. The summed E-state index contributed by atoms with van der Waals surface area (Å²) in [4.78, 5) is 25.3. The van der Waals surface area contributed by atoms with E-state index >= 15 is 0 Å². The number of hydrogen-bond acceptors (Lipinski definition) is 4. The zero-order valence-corrected chi connectivity index (χ0v) is 15.5. The van der Waals surface area contributed by atoms with Crippen LogP contribution in [0.2, 0.25) is 0 Å². The van der Waals surface area contributed by atoms with Crippen LogP contribution in [0.1, 0.15) is 67.6 Å². The van der Waals surface area contributed by atoms with Gasteiger partial charge in [-0.3, -0.25) is 4.79 Å². The van der Waals surface area contributed by atoms with Gasteiger partial charge in [-0.25, -0.2) is 4.79 Å². The fourth-order valence-corrected chi connectivity index (χ4v) is 4.08. The molecule has 1 fully saturated rings. The van der Waals surface area contributed by atoms with Crippen LogP contribution in [0, 0.1) is 0 Å². The van der Waals surface area contributed by atoms with Crippen molar-refractivity contribution in [3.8, 4) is 0 Å². The second-order valence-corrected chi connectivity index (χ2v) is 7.39. The van der Waals surface area contributed by atoms with Gasteiger partial charge >= 0.3 is 5.97 Å². The lowest BCUT2D eigenvalue weighted by molar-refractivity contribution is -0.690. The molecule has 24 heavy (non-hydrogen) atoms. The van der Waals surface area contributed by atoms with Crippen molar-refractivity contribution in [2.24, 2.45) is 0 Å². The van der Waals surface area contributed by atoms with Gasteiger partial charge in [0.15, 0.2) is 0 Å². The smallest absolute Gasteiger partial charge is 0.341 e. The summed E-state index contributed by atoms with van der Waals surface area (Å²) in [5.41, 5.74) is 0.475. The molecule has 2 rings (SSSR count). The summed E-state index contributed by atoms with van der Waals surface area (Å²) in [7, 11) is 0. The number of carbonyl (C=O) groups excluding carboxylic acids is 2. The summed E-state index contributed by atoms with van der Waals surface area (Å²) in [5, 5.41) is 5.82. The quantitative estimate of drug-likeness (QED) is 0.706. The van der Waals surface area contributed by atoms with Crippen molar-refractivity contribution in [1.82, 2.24) is 0 Å². The highest BCUT2D eigenvalue weighted by molar-refractivity contribution is 7.16. The SMILES string of the molecule is CCOC(=O)c1cc(CC)sc1NC(=O)CC[NH2+]C1CCCCC1. The Hall–Kier alpha value is -1.40. The Labute approximate surface area is 148 Å². The van der Waals surface area contributed by atoms with Crippen molar-refractivity contribution in [2.45, 2.75) is 64.8 Å². The third-order valence-corrected chi connectivity index (χ3v) is 5.60. The predicted octanol–water partition coefficient (Wildman–Crippen LogP) is 2.71. The van der Waals surface area contributed by atoms with Crippen LogP contribution in [0.3, 0.4) is 0 Å². The summed E-state index contributed by atoms with van der Waals surface area (Å²) in [6.07, 6.45) is 7.80. The average Bonchev–Trinajstić information content (AvgIpc) is 2.99. The fourth-order valence-electron chi connectivity index (χ4n) is 3.08. The van der Waals surface area contributed by atoms with E-state index in [4.69, 9.17) is 4.74 Å². The topological polar surface area (TPSA) is 72.0 Å². The van der Waals surface area contributed by atoms with Gasteiger partial charge in [0.2, 0.25) is 5.91 Å². The number of thiophene rings is 1. The molecule has 5 nitrogen and oxygen atoms in total. The predicted molar refractivity (Wildman–Crippen MR) is 96.6 cm³/mol. The first-order valence-corrected chi connectivity index (χ1v) is 9.88. The molecule has 6 heteroatoms. The Bertz CT molecular complexity index is 550. The minimum absolute atomic E-state index is 0.0305. The van der Waals surface area contributed by atoms with Gasteiger partial charge in [-0.05, 0) is 45.1 Å². The first-order chi connectivity index (χ1) is 11.6. The lowest BCUT2D eigenvalue weighted by Crippen LogP contribution is -2.90. The molecule has 0 aliphatic heterocycles. The second kappa shape index (κ2) is 9.79. The maximum atomic E-state index is 12.2. The number of quaternary nitrogens is 1. The standard InChI is InChI=1S/C18H28N2O3S/c1-3-14-12-15(18(22)23-4-2)17(24-14)20-16(21)10-11-19-13-8-6-5-7-9-13/h12-13,19H,3-11H2,1-2H3,(H,20,21)/p+1. The Balaban J connectivity index is 1.85. The number of carbonyl (C=O) groups is 2. The highest BCUT2D eigenvalue weighted by Gasteiger charge is 2.20. The molecule has 134 valence electrons. The highest BCUT2D eigenvalue weighted by atomic mass is 32.1. The number of nitrogens with one attached hydrogen (secondary N) is 1. The van der Waals surface area contributed by atoms with Gasteiger partial charge < -0.3 is 15.4 Å². The molecule has 1 aliphatic rings. The summed E-state index contributed by atoms with van der Waals surface area (Å²) in [6.45, 7) is 4.95. The molecular formula is C18H29N2O3S+. The summed E-state index contributed by atoms with van der Waals surface area (Å²) in [6, 6.07) is 2.50. The van der Waals surface area contributed by atoms with Crippen LogP contribution in [0.15, 0.2) is 6.07 Å². The van der Waals surface area contributed by atoms with Crippen molar-refractivity contribution < 1.29 is 19.6 Å². The van der Waals surface area contributed by atoms with E-state index in [9.17, 15) is 9.59 Å². The molecule has 0 saturated heterocycles. The van der Waals surface area contributed by atoms with Crippen LogP contribution >= 0.6 is 11.3 Å². The highest BCUT2D eigenvalue weighted by Crippen LogP contribution is 2.29. The van der Waals surface area contributed by atoms with Crippen molar-refractivity contribution in [3.63, 3.8) is 0 Å². The maximum Gasteiger partial charge on any atom is 0.341 e. The number of anilines is 1. The van der Waals surface area contributed by atoms with Gasteiger partial charge in [-0.1, -0.05) is 13.3 Å². The number of nitrogens with two attached hydrogens (primary N) is 1. The zero-order chi connectivity index (χ0) is 17.4. The molecule has 0 spiro atoms. The summed E-state index contributed by atoms with van der Waals surface area (Å²) < 4.78 is 5.08. The van der Waals surface area contributed by atoms with Crippen molar-refractivity contribution in [3.05, 3.63) is 16.5 Å². The Morgan fingerprint density at radius 1 is 1.29 bits per heavy atom. The minimum Gasteiger partial charge on any atom is -0.462 e. The van der Waals surface area contributed by atoms with Crippen molar-refractivity contribution in [1.29, 1.82) is 0 Å². The van der Waals surface area contributed by atoms with E-state index in [2.05, 4.69) is 10.6 Å². The van der Waals surface area contributed by atoms with E-state index in [0.29, 0.717) is 29.6 Å². The van der Waals surface area contributed by atoms with E-state index in [-0.39, 0.29) is 11.9 Å². The molecule has 1 aliphatic carbocycles. The van der Waals surface area contributed by atoms with Gasteiger partial charge in [-0.15, -0.1) is 11.3 Å². The summed E-state index contributed by atoms with van der Waals surface area (Å²) in [5.74, 6) is -0.394. The molecule has 1 amide bonds. The van der Waals surface area contributed by atoms with E-state index < -0.39 is 0 Å². The van der Waals surface area contributed by atoms with E-state index in [1.165, 1.54) is 43.4 Å². The molecule has 1 aromatic heterocycles. The number of hydrogen-bond donors (Lipinski definition) is 2.